The molecule has 0 spiro atoms. The molecule has 0 unspecified atom stereocenters. The lowest BCUT2D eigenvalue weighted by molar-refractivity contribution is 0.210. The summed E-state index contributed by atoms with van der Waals surface area (Å²) in [5, 5.41) is 10.9. The Morgan fingerprint density at radius 2 is 2.36 bits per heavy atom. The van der Waals surface area contributed by atoms with Gasteiger partial charge in [0, 0.05) is 0 Å². The molecule has 0 aliphatic heterocycles. The van der Waals surface area contributed by atoms with Crippen molar-refractivity contribution in [2.75, 3.05) is 5.32 Å². The van der Waals surface area contributed by atoms with E-state index in [-0.39, 0.29) is 5.13 Å². The van der Waals surface area contributed by atoms with Gasteiger partial charge in [0.15, 0.2) is 15.6 Å². The van der Waals surface area contributed by atoms with Gasteiger partial charge in [-0.1, -0.05) is 11.3 Å². The molecular weight excluding hydrogens is 204 g/mol. The normalized spacial score (nSPS) is 10.4. The quantitative estimate of drug-likeness (QED) is 0.744. The summed E-state index contributed by atoms with van der Waals surface area (Å²) in [5.74, 6) is 0. The molecule has 7 heteroatoms. The Labute approximate surface area is 82.6 Å². The largest absolute Gasteiger partial charge is 0.465 e. The minimum Gasteiger partial charge on any atom is -0.465 e. The van der Waals surface area contributed by atoms with E-state index in [2.05, 4.69) is 20.3 Å². The van der Waals surface area contributed by atoms with Crippen molar-refractivity contribution in [1.29, 1.82) is 0 Å². The number of rotatable bonds is 1. The zero-order valence-electron chi connectivity index (χ0n) is 7.18. The third-order valence-corrected chi connectivity index (χ3v) is 2.31. The Morgan fingerprint density at radius 1 is 1.57 bits per heavy atom. The molecule has 6 nitrogen and oxygen atoms in total. The van der Waals surface area contributed by atoms with Crippen LogP contribution in [0, 0.1) is 6.92 Å². The molecule has 0 aliphatic carbocycles. The number of hydrogen-bond donors (Lipinski definition) is 2. The maximum absolute atomic E-state index is 10.3. The van der Waals surface area contributed by atoms with E-state index in [0.717, 1.165) is 17.0 Å². The number of nitrogens with zero attached hydrogens (tertiary/aromatic N) is 3. The summed E-state index contributed by atoms with van der Waals surface area (Å²) in [7, 11) is 0. The fourth-order valence-electron chi connectivity index (χ4n) is 0.949. The Kier molecular flexibility index (Phi) is 2.01. The van der Waals surface area contributed by atoms with Crippen LogP contribution in [-0.4, -0.2) is 26.2 Å². The molecule has 0 saturated heterocycles. The molecule has 0 atom stereocenters. The predicted molar refractivity (Wildman–Crippen MR) is 51.6 cm³/mol. The molecule has 0 saturated carbocycles. The highest BCUT2D eigenvalue weighted by Crippen LogP contribution is 2.22. The van der Waals surface area contributed by atoms with E-state index in [1.54, 1.807) is 6.20 Å². The van der Waals surface area contributed by atoms with Crippen molar-refractivity contribution in [3.05, 3.63) is 11.9 Å². The fraction of sp³-hybridized carbons (Fsp3) is 0.143. The van der Waals surface area contributed by atoms with Gasteiger partial charge in [-0.15, -0.1) is 0 Å². The number of carbonyl (C=O) groups is 1. The number of fused-ring (bicyclic) bond motifs is 1. The topological polar surface area (TPSA) is 88.0 Å². The first kappa shape index (κ1) is 8.82. The van der Waals surface area contributed by atoms with Crippen LogP contribution in [0.2, 0.25) is 0 Å². The van der Waals surface area contributed by atoms with Gasteiger partial charge >= 0.3 is 6.09 Å². The summed E-state index contributed by atoms with van der Waals surface area (Å²) in [6.07, 6.45) is 0.452. The minimum absolute atomic E-state index is 0.290. The van der Waals surface area contributed by atoms with E-state index >= 15 is 0 Å². The maximum atomic E-state index is 10.3. The highest BCUT2D eigenvalue weighted by molar-refractivity contribution is 7.21. The van der Waals surface area contributed by atoms with Gasteiger partial charge in [-0.3, -0.25) is 5.32 Å². The predicted octanol–water partition coefficient (Wildman–Crippen LogP) is 1.48. The van der Waals surface area contributed by atoms with E-state index in [1.807, 2.05) is 6.92 Å². The number of thiazole rings is 1. The number of aromatic nitrogens is 3. The van der Waals surface area contributed by atoms with Crippen molar-refractivity contribution < 1.29 is 9.90 Å². The SMILES string of the molecule is Cc1cnc2nc(NC(=O)O)sc2n1. The van der Waals surface area contributed by atoms with Gasteiger partial charge in [-0.25, -0.2) is 14.8 Å². The Morgan fingerprint density at radius 3 is 3.07 bits per heavy atom. The standard InChI is InChI=1S/C7H6N4O2S/c1-3-2-8-4-5(9-3)14-6(10-4)11-7(12)13/h2H,1H3,(H,12,13)(H,8,10,11). The average molecular weight is 210 g/mol. The van der Waals surface area contributed by atoms with E-state index in [9.17, 15) is 4.79 Å². The number of carboxylic acid groups (broad SMARTS) is 1. The lowest BCUT2D eigenvalue weighted by atomic mass is 10.5. The van der Waals surface area contributed by atoms with E-state index in [4.69, 9.17) is 5.11 Å². The van der Waals surface area contributed by atoms with Gasteiger partial charge in [-0.05, 0) is 6.92 Å². The van der Waals surface area contributed by atoms with Crippen molar-refractivity contribution >= 4 is 33.0 Å². The molecule has 0 aliphatic rings. The van der Waals surface area contributed by atoms with Crippen LogP contribution in [0.15, 0.2) is 6.20 Å². The van der Waals surface area contributed by atoms with Crippen molar-refractivity contribution in [2.24, 2.45) is 0 Å². The number of nitrogens with one attached hydrogen (secondary N) is 1. The summed E-state index contributed by atoms with van der Waals surface area (Å²) in [4.78, 5) is 23.1. The lowest BCUT2D eigenvalue weighted by Gasteiger charge is -1.89. The van der Waals surface area contributed by atoms with Crippen LogP contribution in [0.1, 0.15) is 5.69 Å². The van der Waals surface area contributed by atoms with Crippen molar-refractivity contribution in [2.45, 2.75) is 6.92 Å². The van der Waals surface area contributed by atoms with Crippen LogP contribution < -0.4 is 5.32 Å². The Hall–Kier alpha value is -1.76. The van der Waals surface area contributed by atoms with Gasteiger partial charge in [0.05, 0.1) is 11.9 Å². The highest BCUT2D eigenvalue weighted by Gasteiger charge is 2.07. The van der Waals surface area contributed by atoms with Crippen molar-refractivity contribution in [3.8, 4) is 0 Å². The lowest BCUT2D eigenvalue weighted by Crippen LogP contribution is -2.06. The smallest absolute Gasteiger partial charge is 0.410 e. The van der Waals surface area contributed by atoms with Gasteiger partial charge < -0.3 is 5.11 Å². The monoisotopic (exact) mass is 210 g/mol. The summed E-state index contributed by atoms with van der Waals surface area (Å²) in [6, 6.07) is 0. The van der Waals surface area contributed by atoms with E-state index < -0.39 is 6.09 Å². The molecule has 2 N–H and O–H groups in total. The van der Waals surface area contributed by atoms with E-state index in [0.29, 0.717) is 10.5 Å². The molecule has 1 amide bonds. The third-order valence-electron chi connectivity index (χ3n) is 1.46. The zero-order chi connectivity index (χ0) is 10.1. The minimum atomic E-state index is -1.14. The van der Waals surface area contributed by atoms with Crippen LogP contribution in [-0.2, 0) is 0 Å². The zero-order valence-corrected chi connectivity index (χ0v) is 8.00. The second-order valence-electron chi connectivity index (χ2n) is 2.59. The van der Waals surface area contributed by atoms with E-state index in [1.165, 1.54) is 0 Å². The van der Waals surface area contributed by atoms with Crippen molar-refractivity contribution in [1.82, 2.24) is 15.0 Å². The fourth-order valence-corrected chi connectivity index (χ4v) is 1.78. The van der Waals surface area contributed by atoms with Crippen LogP contribution in [0.25, 0.3) is 10.5 Å². The first-order valence-corrected chi connectivity index (χ1v) is 4.57. The second-order valence-corrected chi connectivity index (χ2v) is 3.57. The molecule has 0 radical (unpaired) electrons. The molecule has 2 aromatic heterocycles. The number of aryl methyl sites for hydroxylation is 1. The third kappa shape index (κ3) is 1.62. The maximum Gasteiger partial charge on any atom is 0.410 e. The summed E-state index contributed by atoms with van der Waals surface area (Å²) in [6.45, 7) is 1.82. The Balaban J connectivity index is 2.46. The van der Waals surface area contributed by atoms with Gasteiger partial charge in [-0.2, -0.15) is 4.98 Å². The molecule has 2 rings (SSSR count). The first-order valence-electron chi connectivity index (χ1n) is 3.75. The van der Waals surface area contributed by atoms with Gasteiger partial charge in [0.2, 0.25) is 0 Å². The molecule has 72 valence electrons. The van der Waals surface area contributed by atoms with Gasteiger partial charge in [0.25, 0.3) is 0 Å². The summed E-state index contributed by atoms with van der Waals surface area (Å²) >= 11 is 1.16. The number of anilines is 1. The number of amides is 1. The van der Waals surface area contributed by atoms with Crippen molar-refractivity contribution in [3.63, 3.8) is 0 Å². The van der Waals surface area contributed by atoms with Crippen LogP contribution in [0.5, 0.6) is 0 Å². The number of hydrogen-bond acceptors (Lipinski definition) is 5. The highest BCUT2D eigenvalue weighted by atomic mass is 32.1. The molecule has 14 heavy (non-hydrogen) atoms. The molecule has 2 heterocycles. The molecular formula is C7H6N4O2S. The second kappa shape index (κ2) is 3.18. The molecule has 0 bridgehead atoms. The van der Waals surface area contributed by atoms with Crippen LogP contribution in [0.3, 0.4) is 0 Å². The Bertz CT molecular complexity index is 495. The summed E-state index contributed by atoms with van der Waals surface area (Å²) in [5.41, 5.74) is 1.24. The molecule has 0 aromatic carbocycles. The molecule has 2 aromatic rings. The van der Waals surface area contributed by atoms with Gasteiger partial charge in [0.1, 0.15) is 0 Å². The van der Waals surface area contributed by atoms with Crippen LogP contribution in [0.4, 0.5) is 9.93 Å². The first-order chi connectivity index (χ1) is 6.65. The summed E-state index contributed by atoms with van der Waals surface area (Å²) < 4.78 is 0. The average Bonchev–Trinajstić information content (AvgIpc) is 2.44. The molecule has 0 fully saturated rings. The van der Waals surface area contributed by atoms with Crippen LogP contribution >= 0.6 is 11.3 Å².